The molecule has 0 radical (unpaired) electrons. The van der Waals surface area contributed by atoms with Crippen molar-refractivity contribution >= 4 is 21.6 Å². The molecule has 0 aliphatic carbocycles. The number of benzene rings is 1. The minimum absolute atomic E-state index is 0.105. The lowest BCUT2D eigenvalue weighted by Crippen LogP contribution is -2.26. The first-order chi connectivity index (χ1) is 9.08. The van der Waals surface area contributed by atoms with Gasteiger partial charge in [0.05, 0.1) is 15.2 Å². The van der Waals surface area contributed by atoms with Crippen LogP contribution in [0.4, 0.5) is 0 Å². The van der Waals surface area contributed by atoms with Gasteiger partial charge in [-0.3, -0.25) is 0 Å². The van der Waals surface area contributed by atoms with Crippen LogP contribution in [0.25, 0.3) is 10.2 Å². The van der Waals surface area contributed by atoms with E-state index < -0.39 is 0 Å². The van der Waals surface area contributed by atoms with Crippen LogP contribution in [0, 0.1) is 5.92 Å². The van der Waals surface area contributed by atoms with E-state index >= 15 is 0 Å². The van der Waals surface area contributed by atoms with Crippen LogP contribution in [0.15, 0.2) is 18.2 Å². The molecular weight excluding hydrogens is 256 g/mol. The Morgan fingerprint density at radius 3 is 2.84 bits per heavy atom. The molecule has 1 aromatic carbocycles. The van der Waals surface area contributed by atoms with Crippen LogP contribution >= 0.6 is 11.3 Å². The zero-order valence-corrected chi connectivity index (χ0v) is 12.7. The summed E-state index contributed by atoms with van der Waals surface area (Å²) in [6.07, 6.45) is 1.97. The lowest BCUT2D eigenvalue weighted by atomic mass is 10.1. The summed E-state index contributed by atoms with van der Waals surface area (Å²) in [5, 5.41) is 1.20. The van der Waals surface area contributed by atoms with Gasteiger partial charge in [-0.15, -0.1) is 11.3 Å². The molecule has 0 aliphatic heterocycles. The molecule has 4 heteroatoms. The third kappa shape index (κ3) is 3.91. The van der Waals surface area contributed by atoms with Gasteiger partial charge in [-0.25, -0.2) is 4.98 Å². The molecule has 0 saturated heterocycles. The number of hydrogen-bond acceptors (Lipinski definition) is 4. The molecule has 1 heterocycles. The summed E-state index contributed by atoms with van der Waals surface area (Å²) in [4.78, 5) is 4.64. The summed E-state index contributed by atoms with van der Waals surface area (Å²) in [6, 6.07) is 6.18. The van der Waals surface area contributed by atoms with Crippen LogP contribution < -0.4 is 10.5 Å². The highest BCUT2D eigenvalue weighted by Gasteiger charge is 2.07. The molecule has 3 nitrogen and oxygen atoms in total. The van der Waals surface area contributed by atoms with E-state index in [1.807, 2.05) is 12.1 Å². The molecule has 2 rings (SSSR count). The summed E-state index contributed by atoms with van der Waals surface area (Å²) < 4.78 is 6.90. The fourth-order valence-electron chi connectivity index (χ4n) is 1.80. The fourth-order valence-corrected chi connectivity index (χ4v) is 3.01. The normalized spacial score (nSPS) is 13.1. The van der Waals surface area contributed by atoms with E-state index in [0.717, 1.165) is 24.1 Å². The first-order valence-corrected chi connectivity index (χ1v) is 7.68. The van der Waals surface area contributed by atoms with Gasteiger partial charge < -0.3 is 10.5 Å². The Labute approximate surface area is 118 Å². The highest BCUT2D eigenvalue weighted by molar-refractivity contribution is 7.18. The largest absolute Gasteiger partial charge is 0.492 e. The third-order valence-corrected chi connectivity index (χ3v) is 4.02. The summed E-state index contributed by atoms with van der Waals surface area (Å²) in [5.74, 6) is 1.52. The molecule has 19 heavy (non-hydrogen) atoms. The van der Waals surface area contributed by atoms with Crippen molar-refractivity contribution in [1.82, 2.24) is 4.98 Å². The molecule has 1 atom stereocenters. The minimum atomic E-state index is 0.105. The second kappa shape index (κ2) is 6.35. The first-order valence-electron chi connectivity index (χ1n) is 6.86. The van der Waals surface area contributed by atoms with Gasteiger partial charge in [-0.2, -0.15) is 0 Å². The number of rotatable bonds is 6. The summed E-state index contributed by atoms with van der Waals surface area (Å²) in [5.41, 5.74) is 6.92. The highest BCUT2D eigenvalue weighted by Crippen LogP contribution is 2.27. The first kappa shape index (κ1) is 14.3. The lowest BCUT2D eigenvalue weighted by molar-refractivity contribution is 0.286. The smallest absolute Gasteiger partial charge is 0.120 e. The third-order valence-electron chi connectivity index (χ3n) is 2.98. The standard InChI is InChI=1S/C15H22N2OS/c1-4-11(16)9-18-12-5-6-13-14(8-12)19-15(17-13)7-10(2)3/h5-6,8,10-11H,4,7,9,16H2,1-3H3. The molecule has 104 valence electrons. The molecule has 2 aromatic rings. The van der Waals surface area contributed by atoms with Crippen LogP contribution in [-0.2, 0) is 6.42 Å². The van der Waals surface area contributed by atoms with Gasteiger partial charge in [0.1, 0.15) is 12.4 Å². The Hall–Kier alpha value is -1.13. The zero-order chi connectivity index (χ0) is 13.8. The molecule has 0 bridgehead atoms. The molecule has 1 unspecified atom stereocenters. The van der Waals surface area contributed by atoms with Crippen molar-refractivity contribution in [3.05, 3.63) is 23.2 Å². The van der Waals surface area contributed by atoms with E-state index in [0.29, 0.717) is 12.5 Å². The van der Waals surface area contributed by atoms with Gasteiger partial charge >= 0.3 is 0 Å². The topological polar surface area (TPSA) is 48.1 Å². The highest BCUT2D eigenvalue weighted by atomic mass is 32.1. The van der Waals surface area contributed by atoms with Gasteiger partial charge in [0, 0.05) is 12.5 Å². The number of ether oxygens (including phenoxy) is 1. The molecular formula is C15H22N2OS. The number of thiazole rings is 1. The lowest BCUT2D eigenvalue weighted by Gasteiger charge is -2.10. The average Bonchev–Trinajstić information content (AvgIpc) is 2.76. The predicted octanol–water partition coefficient (Wildman–Crippen LogP) is 3.61. The quantitative estimate of drug-likeness (QED) is 0.878. The molecule has 0 amide bonds. The van der Waals surface area contributed by atoms with Crippen molar-refractivity contribution in [2.75, 3.05) is 6.61 Å². The predicted molar refractivity (Wildman–Crippen MR) is 81.9 cm³/mol. The molecule has 0 spiro atoms. The van der Waals surface area contributed by atoms with Gasteiger partial charge in [0.25, 0.3) is 0 Å². The van der Waals surface area contributed by atoms with Crippen molar-refractivity contribution in [1.29, 1.82) is 0 Å². The van der Waals surface area contributed by atoms with Crippen LogP contribution in [0.1, 0.15) is 32.2 Å². The zero-order valence-electron chi connectivity index (χ0n) is 11.8. The van der Waals surface area contributed by atoms with Crippen LogP contribution in [0.5, 0.6) is 5.75 Å². The molecule has 2 N–H and O–H groups in total. The van der Waals surface area contributed by atoms with E-state index in [1.165, 1.54) is 9.71 Å². The maximum Gasteiger partial charge on any atom is 0.120 e. The van der Waals surface area contributed by atoms with Gasteiger partial charge in [0.2, 0.25) is 0 Å². The Morgan fingerprint density at radius 2 is 2.16 bits per heavy atom. The monoisotopic (exact) mass is 278 g/mol. The molecule has 0 saturated carbocycles. The Bertz CT molecular complexity index is 536. The van der Waals surface area contributed by atoms with Crippen LogP contribution in [0.3, 0.4) is 0 Å². The second-order valence-electron chi connectivity index (χ2n) is 5.31. The van der Waals surface area contributed by atoms with Gasteiger partial charge in [-0.05, 0) is 30.5 Å². The number of nitrogens with zero attached hydrogens (tertiary/aromatic N) is 1. The number of aromatic nitrogens is 1. The van der Waals surface area contributed by atoms with Crippen molar-refractivity contribution in [3.63, 3.8) is 0 Å². The van der Waals surface area contributed by atoms with Crippen LogP contribution in [0.2, 0.25) is 0 Å². The number of hydrogen-bond donors (Lipinski definition) is 1. The van der Waals surface area contributed by atoms with Gasteiger partial charge in [0.15, 0.2) is 0 Å². The second-order valence-corrected chi connectivity index (χ2v) is 6.43. The number of fused-ring (bicyclic) bond motifs is 1. The van der Waals surface area contributed by atoms with E-state index in [-0.39, 0.29) is 6.04 Å². The summed E-state index contributed by atoms with van der Waals surface area (Å²) in [6.45, 7) is 7.07. The van der Waals surface area contributed by atoms with Crippen molar-refractivity contribution < 1.29 is 4.74 Å². The maximum absolute atomic E-state index is 5.86. The average molecular weight is 278 g/mol. The van der Waals surface area contributed by atoms with Crippen LogP contribution in [-0.4, -0.2) is 17.6 Å². The number of nitrogens with two attached hydrogens (primary N) is 1. The van der Waals surface area contributed by atoms with E-state index in [2.05, 4.69) is 31.8 Å². The summed E-state index contributed by atoms with van der Waals surface area (Å²) >= 11 is 1.76. The fraction of sp³-hybridized carbons (Fsp3) is 0.533. The minimum Gasteiger partial charge on any atom is -0.492 e. The van der Waals surface area contributed by atoms with E-state index in [4.69, 9.17) is 10.5 Å². The molecule has 0 fully saturated rings. The van der Waals surface area contributed by atoms with Crippen molar-refractivity contribution in [2.24, 2.45) is 11.7 Å². The summed E-state index contributed by atoms with van der Waals surface area (Å²) in [7, 11) is 0. The molecule has 0 aliphatic rings. The van der Waals surface area contributed by atoms with E-state index in [9.17, 15) is 0 Å². The van der Waals surface area contributed by atoms with E-state index in [1.54, 1.807) is 11.3 Å². The van der Waals surface area contributed by atoms with Crippen molar-refractivity contribution in [2.45, 2.75) is 39.7 Å². The Kier molecular flexibility index (Phi) is 4.77. The SMILES string of the molecule is CCC(N)COc1ccc2nc(CC(C)C)sc2c1. The van der Waals surface area contributed by atoms with Crippen molar-refractivity contribution in [3.8, 4) is 5.75 Å². The Morgan fingerprint density at radius 1 is 1.37 bits per heavy atom. The Balaban J connectivity index is 2.11. The van der Waals surface area contributed by atoms with Gasteiger partial charge in [-0.1, -0.05) is 20.8 Å². The maximum atomic E-state index is 5.86. The molecule has 1 aromatic heterocycles.